The van der Waals surface area contributed by atoms with E-state index in [1.807, 2.05) is 56.3 Å². The highest BCUT2D eigenvalue weighted by molar-refractivity contribution is 6.01. The van der Waals surface area contributed by atoms with Gasteiger partial charge in [0.05, 0.1) is 13.2 Å². The third kappa shape index (κ3) is 4.63. The van der Waals surface area contributed by atoms with Crippen molar-refractivity contribution in [1.82, 2.24) is 15.1 Å². The second-order valence-corrected chi connectivity index (χ2v) is 9.24. The standard InChI is InChI=1S/C26H31N3O5/c1-16(2)23(29-14-18-6-4-5-7-21(18)25(29)32)26(33)28-15-19(30)12-22(28)24(31)27-13-17-8-10-20(34-3)11-9-17/h4-11,16,19,22-23,30H,12-15H2,1-3H3,(H,27,31)/t19-,22+,23?/m1/s1. The molecule has 2 aromatic rings. The third-order valence-electron chi connectivity index (χ3n) is 6.56. The van der Waals surface area contributed by atoms with E-state index in [1.54, 1.807) is 18.1 Å². The summed E-state index contributed by atoms with van der Waals surface area (Å²) in [6.07, 6.45) is -0.626. The Kier molecular flexibility index (Phi) is 6.88. The second-order valence-electron chi connectivity index (χ2n) is 9.24. The normalized spacial score (nSPS) is 20.4. The van der Waals surface area contributed by atoms with Gasteiger partial charge in [0.25, 0.3) is 5.91 Å². The number of hydrogen-bond acceptors (Lipinski definition) is 5. The van der Waals surface area contributed by atoms with Crippen molar-refractivity contribution in [1.29, 1.82) is 0 Å². The average molecular weight is 466 g/mol. The molecule has 8 heteroatoms. The zero-order valence-electron chi connectivity index (χ0n) is 19.7. The summed E-state index contributed by atoms with van der Waals surface area (Å²) in [6.45, 7) is 4.51. The van der Waals surface area contributed by atoms with E-state index in [9.17, 15) is 19.5 Å². The van der Waals surface area contributed by atoms with E-state index in [2.05, 4.69) is 5.32 Å². The summed E-state index contributed by atoms with van der Waals surface area (Å²) in [5.74, 6) is -0.241. The quantitative estimate of drug-likeness (QED) is 0.651. The molecular formula is C26H31N3O5. The highest BCUT2D eigenvalue weighted by Gasteiger charge is 2.45. The number of amides is 3. The van der Waals surface area contributed by atoms with Crippen molar-refractivity contribution in [3.63, 3.8) is 0 Å². The first-order valence-electron chi connectivity index (χ1n) is 11.6. The zero-order valence-corrected chi connectivity index (χ0v) is 19.7. The van der Waals surface area contributed by atoms with E-state index in [1.165, 1.54) is 4.90 Å². The first kappa shape index (κ1) is 23.8. The van der Waals surface area contributed by atoms with Gasteiger partial charge < -0.3 is 25.0 Å². The van der Waals surface area contributed by atoms with E-state index < -0.39 is 18.2 Å². The fraction of sp³-hybridized carbons (Fsp3) is 0.423. The van der Waals surface area contributed by atoms with Crippen molar-refractivity contribution in [2.45, 2.75) is 51.5 Å². The first-order valence-corrected chi connectivity index (χ1v) is 11.6. The number of likely N-dealkylation sites (tertiary alicyclic amines) is 1. The van der Waals surface area contributed by atoms with Gasteiger partial charge in [0.1, 0.15) is 17.8 Å². The molecule has 3 atom stereocenters. The lowest BCUT2D eigenvalue weighted by atomic mass is 10.0. The molecule has 180 valence electrons. The van der Waals surface area contributed by atoms with Crippen LogP contribution < -0.4 is 10.1 Å². The lowest BCUT2D eigenvalue weighted by molar-refractivity contribution is -0.143. The molecule has 2 aromatic carbocycles. The molecule has 2 aliphatic rings. The van der Waals surface area contributed by atoms with Crippen LogP contribution in [0.25, 0.3) is 0 Å². The monoisotopic (exact) mass is 465 g/mol. The summed E-state index contributed by atoms with van der Waals surface area (Å²) in [4.78, 5) is 42.8. The maximum atomic E-state index is 13.7. The van der Waals surface area contributed by atoms with Gasteiger partial charge in [-0.1, -0.05) is 44.2 Å². The molecule has 0 spiro atoms. The largest absolute Gasteiger partial charge is 0.497 e. The first-order chi connectivity index (χ1) is 16.3. The van der Waals surface area contributed by atoms with Crippen molar-refractivity contribution in [2.75, 3.05) is 13.7 Å². The van der Waals surface area contributed by atoms with E-state index in [0.29, 0.717) is 18.7 Å². The van der Waals surface area contributed by atoms with Crippen LogP contribution in [0.1, 0.15) is 41.8 Å². The van der Waals surface area contributed by atoms with Crippen molar-refractivity contribution >= 4 is 17.7 Å². The zero-order chi connectivity index (χ0) is 24.4. The molecule has 0 saturated carbocycles. The predicted octanol–water partition coefficient (Wildman–Crippen LogP) is 1.95. The predicted molar refractivity (Wildman–Crippen MR) is 126 cm³/mol. The summed E-state index contributed by atoms with van der Waals surface area (Å²) in [6, 6.07) is 13.2. The summed E-state index contributed by atoms with van der Waals surface area (Å²) in [7, 11) is 1.59. The van der Waals surface area contributed by atoms with E-state index in [4.69, 9.17) is 4.74 Å². The van der Waals surface area contributed by atoms with Crippen LogP contribution in [-0.4, -0.2) is 64.5 Å². The molecule has 8 nitrogen and oxygen atoms in total. The van der Waals surface area contributed by atoms with E-state index in [-0.39, 0.29) is 36.6 Å². The summed E-state index contributed by atoms with van der Waals surface area (Å²) in [5, 5.41) is 13.2. The highest BCUT2D eigenvalue weighted by atomic mass is 16.5. The van der Waals surface area contributed by atoms with Crippen molar-refractivity contribution in [3.05, 3.63) is 65.2 Å². The fourth-order valence-electron chi connectivity index (χ4n) is 4.81. The Balaban J connectivity index is 1.48. The Hall–Kier alpha value is -3.39. The Bertz CT molecular complexity index is 1070. The molecule has 3 amide bonds. The Morgan fingerprint density at radius 1 is 1.15 bits per heavy atom. The van der Waals surface area contributed by atoms with E-state index >= 15 is 0 Å². The number of nitrogens with one attached hydrogen (secondary N) is 1. The van der Waals surface area contributed by atoms with Crippen LogP contribution in [0, 0.1) is 5.92 Å². The number of aliphatic hydroxyl groups is 1. The number of hydrogen-bond donors (Lipinski definition) is 2. The van der Waals surface area contributed by atoms with Crippen molar-refractivity contribution < 1.29 is 24.2 Å². The highest BCUT2D eigenvalue weighted by Crippen LogP contribution is 2.30. The van der Waals surface area contributed by atoms with Gasteiger partial charge in [-0.15, -0.1) is 0 Å². The van der Waals surface area contributed by atoms with Gasteiger partial charge in [-0.2, -0.15) is 0 Å². The molecule has 0 radical (unpaired) electrons. The number of carbonyl (C=O) groups is 3. The molecule has 2 aliphatic heterocycles. The van der Waals surface area contributed by atoms with Crippen LogP contribution in [0.5, 0.6) is 5.75 Å². The van der Waals surface area contributed by atoms with Crippen LogP contribution in [0.2, 0.25) is 0 Å². The Labute approximate surface area is 199 Å². The van der Waals surface area contributed by atoms with Gasteiger partial charge in [-0.25, -0.2) is 0 Å². The number of fused-ring (bicyclic) bond motifs is 1. The number of nitrogens with zero attached hydrogens (tertiary/aromatic N) is 2. The topological polar surface area (TPSA) is 99.2 Å². The summed E-state index contributed by atoms with van der Waals surface area (Å²) < 4.78 is 5.15. The molecular weight excluding hydrogens is 434 g/mol. The van der Waals surface area contributed by atoms with E-state index in [0.717, 1.165) is 16.9 Å². The third-order valence-corrected chi connectivity index (χ3v) is 6.56. The van der Waals surface area contributed by atoms with Gasteiger partial charge in [0.2, 0.25) is 11.8 Å². The van der Waals surface area contributed by atoms with Crippen molar-refractivity contribution in [3.8, 4) is 5.75 Å². The van der Waals surface area contributed by atoms with Gasteiger partial charge in [-0.3, -0.25) is 14.4 Å². The molecule has 0 bridgehead atoms. The molecule has 2 N–H and O–H groups in total. The molecule has 34 heavy (non-hydrogen) atoms. The Morgan fingerprint density at radius 2 is 1.85 bits per heavy atom. The van der Waals surface area contributed by atoms with Gasteiger partial charge in [0, 0.05) is 31.6 Å². The minimum Gasteiger partial charge on any atom is -0.497 e. The fourth-order valence-corrected chi connectivity index (χ4v) is 4.81. The molecule has 0 aliphatic carbocycles. The Morgan fingerprint density at radius 3 is 2.50 bits per heavy atom. The minimum absolute atomic E-state index is 0.0671. The number of β-amino-alcohol motifs (C(OH)–C–C–N with tert-alkyl or cyclic N) is 1. The lowest BCUT2D eigenvalue weighted by Crippen LogP contribution is -2.55. The number of methoxy groups -OCH3 is 1. The second kappa shape index (κ2) is 9.85. The van der Waals surface area contributed by atoms with Crippen LogP contribution >= 0.6 is 0 Å². The SMILES string of the molecule is COc1ccc(CNC(=O)[C@@H]2C[C@@H](O)CN2C(=O)C(C(C)C)N2Cc3ccccc3C2=O)cc1. The van der Waals surface area contributed by atoms with Crippen LogP contribution in [0.3, 0.4) is 0 Å². The van der Waals surface area contributed by atoms with Gasteiger partial charge in [-0.05, 0) is 35.2 Å². The maximum absolute atomic E-state index is 13.7. The number of benzene rings is 2. The average Bonchev–Trinajstić information content (AvgIpc) is 3.38. The molecule has 4 rings (SSSR count). The lowest BCUT2D eigenvalue weighted by Gasteiger charge is -2.35. The smallest absolute Gasteiger partial charge is 0.255 e. The minimum atomic E-state index is -0.792. The number of ether oxygens (including phenoxy) is 1. The van der Waals surface area contributed by atoms with Crippen LogP contribution in [0.4, 0.5) is 0 Å². The molecule has 0 aromatic heterocycles. The number of rotatable bonds is 7. The molecule has 1 unspecified atom stereocenters. The number of aliphatic hydroxyl groups excluding tert-OH is 1. The van der Waals surface area contributed by atoms with Crippen LogP contribution in [0.15, 0.2) is 48.5 Å². The molecule has 2 heterocycles. The van der Waals surface area contributed by atoms with Crippen molar-refractivity contribution in [2.24, 2.45) is 5.92 Å². The van der Waals surface area contributed by atoms with Crippen LogP contribution in [-0.2, 0) is 22.7 Å². The van der Waals surface area contributed by atoms with Gasteiger partial charge >= 0.3 is 0 Å². The van der Waals surface area contributed by atoms with Gasteiger partial charge in [0.15, 0.2) is 0 Å². The number of carbonyl (C=O) groups excluding carboxylic acids is 3. The maximum Gasteiger partial charge on any atom is 0.255 e. The molecule has 1 saturated heterocycles. The molecule has 1 fully saturated rings. The summed E-state index contributed by atoms with van der Waals surface area (Å²) >= 11 is 0. The summed E-state index contributed by atoms with van der Waals surface area (Å²) in [5.41, 5.74) is 2.39.